The first-order valence-corrected chi connectivity index (χ1v) is 7.22. The van der Waals surface area contributed by atoms with Gasteiger partial charge in [-0.15, -0.1) is 0 Å². The van der Waals surface area contributed by atoms with Gasteiger partial charge in [0.05, 0.1) is 6.61 Å². The van der Waals surface area contributed by atoms with Crippen molar-refractivity contribution in [3.05, 3.63) is 0 Å². The Hall–Kier alpha value is -0.120. The number of nitrogens with zero attached hydrogens (tertiary/aromatic N) is 1. The Morgan fingerprint density at radius 1 is 1.12 bits per heavy atom. The first-order valence-electron chi connectivity index (χ1n) is 7.22. The van der Waals surface area contributed by atoms with Crippen molar-refractivity contribution in [3.63, 3.8) is 0 Å². The Morgan fingerprint density at radius 3 is 2.29 bits per heavy atom. The van der Waals surface area contributed by atoms with Crippen LogP contribution < -0.4 is 5.32 Å². The van der Waals surface area contributed by atoms with Crippen LogP contribution in [0.2, 0.25) is 0 Å². The van der Waals surface area contributed by atoms with Crippen molar-refractivity contribution in [3.8, 4) is 0 Å². The quantitative estimate of drug-likeness (QED) is 0.670. The van der Waals surface area contributed by atoms with Crippen molar-refractivity contribution in [1.82, 2.24) is 10.2 Å². The second kappa shape index (κ2) is 8.06. The largest absolute Gasteiger partial charge is 0.394 e. The summed E-state index contributed by atoms with van der Waals surface area (Å²) >= 11 is 0. The lowest BCUT2D eigenvalue weighted by Crippen LogP contribution is -2.43. The third-order valence-corrected chi connectivity index (χ3v) is 4.10. The normalized spacial score (nSPS) is 22.1. The fourth-order valence-electron chi connectivity index (χ4n) is 2.49. The summed E-state index contributed by atoms with van der Waals surface area (Å²) in [5.74, 6) is 0. The zero-order chi connectivity index (χ0) is 12.6. The van der Waals surface area contributed by atoms with Crippen molar-refractivity contribution in [2.75, 3.05) is 33.3 Å². The topological polar surface area (TPSA) is 35.5 Å². The van der Waals surface area contributed by atoms with E-state index in [-0.39, 0.29) is 12.1 Å². The molecule has 1 unspecified atom stereocenters. The molecule has 1 aliphatic rings. The number of hydrogen-bond acceptors (Lipinski definition) is 3. The Balaban J connectivity index is 2.10. The highest BCUT2D eigenvalue weighted by Crippen LogP contribution is 2.14. The van der Waals surface area contributed by atoms with E-state index < -0.39 is 0 Å². The van der Waals surface area contributed by atoms with Gasteiger partial charge in [0.15, 0.2) is 0 Å². The standard InChI is InChI=1S/C14H30N2O/c1-14(13-17,15-2)9-5-8-12-16-10-6-3-4-7-11-16/h15,17H,3-13H2,1-2H3. The molecule has 2 N–H and O–H groups in total. The van der Waals surface area contributed by atoms with E-state index in [1.54, 1.807) is 0 Å². The van der Waals surface area contributed by atoms with Crippen LogP contribution in [0.25, 0.3) is 0 Å². The van der Waals surface area contributed by atoms with Crippen LogP contribution in [0, 0.1) is 0 Å². The van der Waals surface area contributed by atoms with Gasteiger partial charge in [0, 0.05) is 5.54 Å². The number of aliphatic hydroxyl groups is 1. The first-order chi connectivity index (χ1) is 8.20. The number of hydrogen-bond donors (Lipinski definition) is 2. The molecule has 0 spiro atoms. The van der Waals surface area contributed by atoms with Gasteiger partial charge in [0.2, 0.25) is 0 Å². The second-order valence-electron chi connectivity index (χ2n) is 5.68. The minimum Gasteiger partial charge on any atom is -0.394 e. The Bertz CT molecular complexity index is 185. The molecule has 0 aromatic heterocycles. The van der Waals surface area contributed by atoms with Crippen LogP contribution in [-0.4, -0.2) is 48.8 Å². The van der Waals surface area contributed by atoms with E-state index in [2.05, 4.69) is 17.1 Å². The molecular weight excluding hydrogens is 212 g/mol. The number of aliphatic hydroxyl groups excluding tert-OH is 1. The average molecular weight is 242 g/mol. The van der Waals surface area contributed by atoms with Crippen LogP contribution in [0.5, 0.6) is 0 Å². The van der Waals surface area contributed by atoms with E-state index in [1.165, 1.54) is 58.2 Å². The molecule has 0 saturated carbocycles. The highest BCUT2D eigenvalue weighted by molar-refractivity contribution is 4.80. The molecule has 3 nitrogen and oxygen atoms in total. The minimum absolute atomic E-state index is 0.0845. The molecule has 0 bridgehead atoms. The number of unbranched alkanes of at least 4 members (excludes halogenated alkanes) is 1. The predicted octanol–water partition coefficient (Wildman–Crippen LogP) is 2.00. The second-order valence-corrected chi connectivity index (χ2v) is 5.68. The van der Waals surface area contributed by atoms with E-state index in [4.69, 9.17) is 0 Å². The van der Waals surface area contributed by atoms with Crippen LogP contribution >= 0.6 is 0 Å². The molecule has 1 heterocycles. The molecule has 0 aromatic rings. The van der Waals surface area contributed by atoms with Crippen molar-refractivity contribution in [2.24, 2.45) is 0 Å². The molecule has 0 radical (unpaired) electrons. The highest BCUT2D eigenvalue weighted by Gasteiger charge is 2.19. The molecule has 3 heteroatoms. The zero-order valence-corrected chi connectivity index (χ0v) is 11.7. The predicted molar refractivity (Wildman–Crippen MR) is 73.3 cm³/mol. The van der Waals surface area contributed by atoms with Gasteiger partial charge in [0.1, 0.15) is 0 Å². The monoisotopic (exact) mass is 242 g/mol. The van der Waals surface area contributed by atoms with Crippen molar-refractivity contribution >= 4 is 0 Å². The molecule has 1 aliphatic heterocycles. The molecule has 102 valence electrons. The Morgan fingerprint density at radius 2 is 1.76 bits per heavy atom. The van der Waals surface area contributed by atoms with Gasteiger partial charge in [-0.3, -0.25) is 0 Å². The van der Waals surface area contributed by atoms with Gasteiger partial charge in [-0.2, -0.15) is 0 Å². The van der Waals surface area contributed by atoms with Crippen LogP contribution in [0.1, 0.15) is 51.9 Å². The van der Waals surface area contributed by atoms with Gasteiger partial charge in [-0.25, -0.2) is 0 Å². The third kappa shape index (κ3) is 5.84. The molecule has 1 rings (SSSR count). The molecule has 1 atom stereocenters. The molecule has 1 saturated heterocycles. The summed E-state index contributed by atoms with van der Waals surface area (Å²) in [6.07, 6.45) is 9.12. The molecule has 0 aromatic carbocycles. The van der Waals surface area contributed by atoms with Crippen LogP contribution in [0.15, 0.2) is 0 Å². The number of nitrogens with one attached hydrogen (secondary N) is 1. The third-order valence-electron chi connectivity index (χ3n) is 4.10. The SMILES string of the molecule is CNC(C)(CO)CCCCN1CCCCCC1. The van der Waals surface area contributed by atoms with Gasteiger partial charge in [0.25, 0.3) is 0 Å². The highest BCUT2D eigenvalue weighted by atomic mass is 16.3. The maximum atomic E-state index is 9.30. The lowest BCUT2D eigenvalue weighted by molar-refractivity contribution is 0.168. The Labute approximate surface area is 107 Å². The van der Waals surface area contributed by atoms with E-state index in [1.807, 2.05) is 7.05 Å². The van der Waals surface area contributed by atoms with Gasteiger partial charge in [-0.1, -0.05) is 19.3 Å². The summed E-state index contributed by atoms with van der Waals surface area (Å²) in [6.45, 7) is 6.16. The number of likely N-dealkylation sites (N-methyl/N-ethyl adjacent to an activating group) is 1. The van der Waals surface area contributed by atoms with Crippen molar-refractivity contribution < 1.29 is 5.11 Å². The van der Waals surface area contributed by atoms with E-state index >= 15 is 0 Å². The smallest absolute Gasteiger partial charge is 0.0610 e. The molecule has 0 amide bonds. The maximum absolute atomic E-state index is 9.30. The van der Waals surface area contributed by atoms with Crippen LogP contribution in [0.4, 0.5) is 0 Å². The van der Waals surface area contributed by atoms with Crippen LogP contribution in [-0.2, 0) is 0 Å². The zero-order valence-electron chi connectivity index (χ0n) is 11.7. The Kier molecular flexibility index (Phi) is 7.09. The molecular formula is C14H30N2O. The summed E-state index contributed by atoms with van der Waals surface area (Å²) < 4.78 is 0. The average Bonchev–Trinajstić information content (AvgIpc) is 2.63. The summed E-state index contributed by atoms with van der Waals surface area (Å²) in [5, 5.41) is 12.5. The van der Waals surface area contributed by atoms with Gasteiger partial charge >= 0.3 is 0 Å². The van der Waals surface area contributed by atoms with Gasteiger partial charge < -0.3 is 15.3 Å². The number of likely N-dealkylation sites (tertiary alicyclic amines) is 1. The fourth-order valence-corrected chi connectivity index (χ4v) is 2.49. The van der Waals surface area contributed by atoms with Crippen molar-refractivity contribution in [1.29, 1.82) is 0 Å². The van der Waals surface area contributed by atoms with E-state index in [9.17, 15) is 5.11 Å². The summed E-state index contributed by atoms with van der Waals surface area (Å²) in [5.41, 5.74) is -0.0845. The molecule has 17 heavy (non-hydrogen) atoms. The lowest BCUT2D eigenvalue weighted by atomic mass is 9.96. The van der Waals surface area contributed by atoms with E-state index in [0.29, 0.717) is 0 Å². The fraction of sp³-hybridized carbons (Fsp3) is 1.00. The molecule has 1 fully saturated rings. The number of rotatable bonds is 7. The van der Waals surface area contributed by atoms with E-state index in [0.717, 1.165) is 6.42 Å². The maximum Gasteiger partial charge on any atom is 0.0610 e. The van der Waals surface area contributed by atoms with Crippen LogP contribution in [0.3, 0.4) is 0 Å². The molecule has 0 aliphatic carbocycles. The van der Waals surface area contributed by atoms with Gasteiger partial charge in [-0.05, 0) is 59.3 Å². The first kappa shape index (κ1) is 14.9. The summed E-state index contributed by atoms with van der Waals surface area (Å²) in [4.78, 5) is 2.61. The van der Waals surface area contributed by atoms with Crippen molar-refractivity contribution in [2.45, 2.75) is 57.4 Å². The lowest BCUT2D eigenvalue weighted by Gasteiger charge is -2.27. The minimum atomic E-state index is -0.0845. The summed E-state index contributed by atoms with van der Waals surface area (Å²) in [7, 11) is 1.94. The summed E-state index contributed by atoms with van der Waals surface area (Å²) in [6, 6.07) is 0.